The van der Waals surface area contributed by atoms with Crippen molar-refractivity contribution < 1.29 is 9.53 Å². The van der Waals surface area contributed by atoms with Crippen LogP contribution < -0.4 is 9.64 Å². The highest BCUT2D eigenvalue weighted by molar-refractivity contribution is 8.27. The van der Waals surface area contributed by atoms with Crippen LogP contribution in [0.15, 0.2) is 89.8 Å². The predicted octanol–water partition coefficient (Wildman–Crippen LogP) is 8.13. The molecule has 0 bridgehead atoms. The van der Waals surface area contributed by atoms with Gasteiger partial charge in [0.05, 0.1) is 20.6 Å². The first kappa shape index (κ1) is 22.9. The van der Waals surface area contributed by atoms with Crippen molar-refractivity contribution in [3.05, 3.63) is 111 Å². The van der Waals surface area contributed by atoms with Crippen LogP contribution in [0.2, 0.25) is 10.0 Å². The van der Waals surface area contributed by atoms with Crippen LogP contribution in [0, 0.1) is 0 Å². The number of amides is 1. The number of hydrogen-bond acceptors (Lipinski definition) is 4. The van der Waals surface area contributed by atoms with E-state index in [4.69, 9.17) is 40.2 Å². The Kier molecular flexibility index (Phi) is 6.61. The summed E-state index contributed by atoms with van der Waals surface area (Å²) in [7, 11) is 0. The summed E-state index contributed by atoms with van der Waals surface area (Å²) in [5.41, 5.74) is 2.45. The first-order chi connectivity index (χ1) is 16.5. The van der Waals surface area contributed by atoms with Crippen LogP contribution >= 0.6 is 47.2 Å². The summed E-state index contributed by atoms with van der Waals surface area (Å²) in [5, 5.41) is 3.06. The number of thiocarbonyl (C=S) groups is 1. The van der Waals surface area contributed by atoms with Gasteiger partial charge in [-0.05, 0) is 58.3 Å². The minimum absolute atomic E-state index is 0.176. The lowest BCUT2D eigenvalue weighted by molar-refractivity contribution is -0.113. The normalized spacial score (nSPS) is 14.9. The van der Waals surface area contributed by atoms with Crippen molar-refractivity contribution in [1.29, 1.82) is 0 Å². The number of rotatable bonds is 5. The number of halogens is 2. The molecule has 5 rings (SSSR count). The average Bonchev–Trinajstić information content (AvgIpc) is 3.11. The first-order valence-electron chi connectivity index (χ1n) is 10.4. The van der Waals surface area contributed by atoms with E-state index in [0.717, 1.165) is 16.6 Å². The average molecular weight is 522 g/mol. The van der Waals surface area contributed by atoms with Gasteiger partial charge in [0.25, 0.3) is 5.91 Å². The van der Waals surface area contributed by atoms with Gasteiger partial charge in [-0.3, -0.25) is 9.69 Å². The number of anilines is 1. The fourth-order valence-electron chi connectivity index (χ4n) is 3.70. The van der Waals surface area contributed by atoms with Gasteiger partial charge in [0.1, 0.15) is 6.61 Å². The van der Waals surface area contributed by atoms with E-state index in [1.54, 1.807) is 18.2 Å². The monoisotopic (exact) mass is 521 g/mol. The van der Waals surface area contributed by atoms with Gasteiger partial charge in [0, 0.05) is 0 Å². The van der Waals surface area contributed by atoms with Gasteiger partial charge < -0.3 is 4.74 Å². The van der Waals surface area contributed by atoms with Crippen molar-refractivity contribution in [3.63, 3.8) is 0 Å². The van der Waals surface area contributed by atoms with Gasteiger partial charge in [-0.25, -0.2) is 0 Å². The zero-order chi connectivity index (χ0) is 23.7. The summed E-state index contributed by atoms with van der Waals surface area (Å²) in [6.45, 7) is 0.333. The Labute approximate surface area is 216 Å². The van der Waals surface area contributed by atoms with Gasteiger partial charge >= 0.3 is 0 Å². The Hall–Kier alpha value is -2.83. The topological polar surface area (TPSA) is 29.5 Å². The highest BCUT2D eigenvalue weighted by Gasteiger charge is 2.33. The minimum Gasteiger partial charge on any atom is -0.486 e. The second kappa shape index (κ2) is 9.80. The molecule has 7 heteroatoms. The number of carbonyl (C=O) groups excluding carboxylic acids is 1. The Balaban J connectivity index is 1.35. The second-order valence-corrected chi connectivity index (χ2v) is 10.1. The molecule has 168 valence electrons. The molecular weight excluding hydrogens is 505 g/mol. The molecule has 0 spiro atoms. The number of carbonyl (C=O) groups is 1. The van der Waals surface area contributed by atoms with E-state index in [9.17, 15) is 4.79 Å². The van der Waals surface area contributed by atoms with Crippen LogP contribution in [0.1, 0.15) is 11.1 Å². The summed E-state index contributed by atoms with van der Waals surface area (Å²) >= 11 is 19.7. The lowest BCUT2D eigenvalue weighted by Crippen LogP contribution is -2.27. The van der Waals surface area contributed by atoms with E-state index in [1.807, 2.05) is 48.5 Å². The van der Waals surface area contributed by atoms with Crippen molar-refractivity contribution >= 4 is 79.9 Å². The molecule has 1 saturated heterocycles. The minimum atomic E-state index is -0.176. The highest BCUT2D eigenvalue weighted by atomic mass is 35.5. The Morgan fingerprint density at radius 3 is 2.29 bits per heavy atom. The van der Waals surface area contributed by atoms with Crippen molar-refractivity contribution in [2.45, 2.75) is 6.61 Å². The molecule has 3 nitrogen and oxygen atoms in total. The summed E-state index contributed by atoms with van der Waals surface area (Å²) in [6.07, 6.45) is 1.74. The van der Waals surface area contributed by atoms with Crippen molar-refractivity contribution in [2.24, 2.45) is 0 Å². The molecule has 1 aliphatic heterocycles. The number of benzene rings is 4. The van der Waals surface area contributed by atoms with Gasteiger partial charge in [-0.15, -0.1) is 0 Å². The molecule has 1 heterocycles. The van der Waals surface area contributed by atoms with Crippen molar-refractivity contribution in [2.75, 3.05) is 4.90 Å². The van der Waals surface area contributed by atoms with E-state index in [1.165, 1.54) is 22.0 Å². The molecule has 0 aromatic heterocycles. The van der Waals surface area contributed by atoms with E-state index in [-0.39, 0.29) is 5.91 Å². The van der Waals surface area contributed by atoms with E-state index in [0.29, 0.717) is 37.2 Å². The van der Waals surface area contributed by atoms with Crippen LogP contribution in [0.3, 0.4) is 0 Å². The highest BCUT2D eigenvalue weighted by Crippen LogP contribution is 2.39. The van der Waals surface area contributed by atoms with Crippen LogP contribution in [0.4, 0.5) is 5.69 Å². The third-order valence-corrected chi connectivity index (χ3v) is 7.19. The van der Waals surface area contributed by atoms with E-state index >= 15 is 0 Å². The number of nitrogens with zero attached hydrogens (tertiary/aromatic N) is 1. The van der Waals surface area contributed by atoms with Crippen LogP contribution in [0.5, 0.6) is 5.75 Å². The van der Waals surface area contributed by atoms with Crippen LogP contribution in [-0.4, -0.2) is 10.2 Å². The maximum atomic E-state index is 13.0. The van der Waals surface area contributed by atoms with Gasteiger partial charge in [-0.1, -0.05) is 102 Å². The standard InChI is InChI=1S/C27H17Cl2NO2S2/c28-22-13-18(15-24-26(31)30(27(33)34-24)21-8-2-1-3-9-21)14-23(29)25(22)32-16-17-10-11-19-6-4-5-7-20(19)12-17/h1-15H,16H2/b24-15+. The quantitative estimate of drug-likeness (QED) is 0.196. The Morgan fingerprint density at radius 1 is 0.882 bits per heavy atom. The third-order valence-electron chi connectivity index (χ3n) is 5.32. The summed E-state index contributed by atoms with van der Waals surface area (Å²) in [5.74, 6) is 0.232. The lowest BCUT2D eigenvalue weighted by atomic mass is 10.1. The largest absolute Gasteiger partial charge is 0.486 e. The maximum Gasteiger partial charge on any atom is 0.270 e. The van der Waals surface area contributed by atoms with Crippen molar-refractivity contribution in [3.8, 4) is 5.75 Å². The SMILES string of the molecule is O=C1/C(=C\c2cc(Cl)c(OCc3ccc4ccccc4c3)c(Cl)c2)SC(=S)N1c1ccccc1. The number of hydrogen-bond donors (Lipinski definition) is 0. The first-order valence-corrected chi connectivity index (χ1v) is 12.4. The molecule has 0 aliphatic carbocycles. The van der Waals surface area contributed by atoms with Crippen molar-refractivity contribution in [1.82, 2.24) is 0 Å². The smallest absolute Gasteiger partial charge is 0.270 e. The molecule has 1 fully saturated rings. The summed E-state index contributed by atoms with van der Waals surface area (Å²) < 4.78 is 6.44. The number of ether oxygens (including phenoxy) is 1. The molecule has 0 radical (unpaired) electrons. The molecule has 1 aliphatic rings. The number of thioether (sulfide) groups is 1. The molecule has 0 N–H and O–H groups in total. The van der Waals surface area contributed by atoms with Crippen LogP contribution in [-0.2, 0) is 11.4 Å². The molecule has 0 saturated carbocycles. The van der Waals surface area contributed by atoms with E-state index in [2.05, 4.69) is 24.3 Å². The molecule has 0 unspecified atom stereocenters. The van der Waals surface area contributed by atoms with E-state index < -0.39 is 0 Å². The van der Waals surface area contributed by atoms with Gasteiger partial charge in [-0.2, -0.15) is 0 Å². The summed E-state index contributed by atoms with van der Waals surface area (Å²) in [4.78, 5) is 15.0. The third kappa shape index (κ3) is 4.70. The molecular formula is C27H17Cl2NO2S2. The van der Waals surface area contributed by atoms with Gasteiger partial charge in [0.15, 0.2) is 10.1 Å². The Bertz CT molecular complexity index is 1430. The summed E-state index contributed by atoms with van der Waals surface area (Å²) in [6, 6.07) is 27.1. The zero-order valence-corrected chi connectivity index (χ0v) is 20.8. The number of para-hydroxylation sites is 1. The molecule has 34 heavy (non-hydrogen) atoms. The lowest BCUT2D eigenvalue weighted by Gasteiger charge is -2.14. The second-order valence-electron chi connectivity index (χ2n) is 7.64. The fourth-order valence-corrected chi connectivity index (χ4v) is 5.62. The molecule has 4 aromatic carbocycles. The fraction of sp³-hybridized carbons (Fsp3) is 0.0370. The van der Waals surface area contributed by atoms with Crippen LogP contribution in [0.25, 0.3) is 16.8 Å². The maximum absolute atomic E-state index is 13.0. The number of fused-ring (bicyclic) bond motifs is 1. The Morgan fingerprint density at radius 2 is 1.56 bits per heavy atom. The molecule has 0 atom stereocenters. The molecule has 4 aromatic rings. The molecule has 1 amide bonds. The zero-order valence-electron chi connectivity index (χ0n) is 17.7. The predicted molar refractivity (Wildman–Crippen MR) is 147 cm³/mol. The van der Waals surface area contributed by atoms with Gasteiger partial charge in [0.2, 0.25) is 0 Å².